The highest BCUT2D eigenvalue weighted by atomic mass is 35.5. The molecule has 40 heavy (non-hydrogen) atoms. The maximum Gasteiger partial charge on any atom is 0.238 e. The van der Waals surface area contributed by atoms with Crippen molar-refractivity contribution in [2.75, 3.05) is 10.2 Å². The molecule has 0 saturated carbocycles. The molecule has 6 heteroatoms. The van der Waals surface area contributed by atoms with Crippen molar-refractivity contribution in [3.05, 3.63) is 136 Å². The standard InChI is InChI=1S/C34H25ClN2O3/c1-20-14-16-22(17-15-20)31(38)29-30(32(39)23-9-3-5-11-25(23)35)37-27-13-7-2-8-21(27)18-19-28(37)34(29)24-10-4-6-12-26(24)36-33(34)40/h2-19,28-30H,1H3,(H,36,40)/t28-,29-,30+,34+/m0/s1. The van der Waals surface area contributed by atoms with E-state index in [9.17, 15) is 14.4 Å². The minimum atomic E-state index is -1.34. The lowest BCUT2D eigenvalue weighted by Gasteiger charge is -2.37. The third kappa shape index (κ3) is 3.31. The van der Waals surface area contributed by atoms with E-state index in [1.54, 1.807) is 36.4 Å². The summed E-state index contributed by atoms with van der Waals surface area (Å²) < 4.78 is 0. The van der Waals surface area contributed by atoms with E-state index in [2.05, 4.69) is 5.32 Å². The fraction of sp³-hybridized carbons (Fsp3) is 0.147. The van der Waals surface area contributed by atoms with Crippen LogP contribution in [0.4, 0.5) is 11.4 Å². The van der Waals surface area contributed by atoms with Gasteiger partial charge in [-0.25, -0.2) is 0 Å². The van der Waals surface area contributed by atoms with Crippen LogP contribution in [0, 0.1) is 12.8 Å². The second kappa shape index (κ2) is 9.04. The van der Waals surface area contributed by atoms with Gasteiger partial charge in [0.25, 0.3) is 0 Å². The Morgan fingerprint density at radius 1 is 0.850 bits per heavy atom. The number of nitrogens with zero attached hydrogens (tertiary/aromatic N) is 1. The fourth-order valence-corrected chi connectivity index (χ4v) is 7.07. The van der Waals surface area contributed by atoms with Gasteiger partial charge in [-0.2, -0.15) is 0 Å². The number of hydrogen-bond acceptors (Lipinski definition) is 4. The van der Waals surface area contributed by atoms with Crippen molar-refractivity contribution in [3.8, 4) is 0 Å². The number of ketones is 2. The zero-order chi connectivity index (χ0) is 27.6. The second-order valence-electron chi connectivity index (χ2n) is 10.6. The molecule has 1 fully saturated rings. The molecule has 0 bridgehead atoms. The topological polar surface area (TPSA) is 66.5 Å². The van der Waals surface area contributed by atoms with Crippen LogP contribution < -0.4 is 10.2 Å². The highest BCUT2D eigenvalue weighted by Crippen LogP contribution is 2.58. The van der Waals surface area contributed by atoms with E-state index in [1.807, 2.05) is 84.6 Å². The van der Waals surface area contributed by atoms with Gasteiger partial charge in [-0.1, -0.05) is 102 Å². The molecule has 0 radical (unpaired) electrons. The van der Waals surface area contributed by atoms with Gasteiger partial charge < -0.3 is 10.2 Å². The Morgan fingerprint density at radius 3 is 2.35 bits per heavy atom. The molecule has 7 rings (SSSR count). The molecular formula is C34H25ClN2O3. The number of anilines is 2. The van der Waals surface area contributed by atoms with Gasteiger partial charge in [0, 0.05) is 22.5 Å². The number of nitrogens with one attached hydrogen (secondary N) is 1. The van der Waals surface area contributed by atoms with Gasteiger partial charge in [-0.3, -0.25) is 14.4 Å². The summed E-state index contributed by atoms with van der Waals surface area (Å²) in [6.45, 7) is 1.96. The molecule has 3 aliphatic heterocycles. The largest absolute Gasteiger partial charge is 0.352 e. The Kier molecular flexibility index (Phi) is 5.55. The number of rotatable bonds is 4. The summed E-state index contributed by atoms with van der Waals surface area (Å²) in [6.07, 6.45) is 3.96. The third-order valence-corrected chi connectivity index (χ3v) is 8.90. The van der Waals surface area contributed by atoms with Crippen molar-refractivity contribution in [2.45, 2.75) is 24.4 Å². The first kappa shape index (κ1) is 24.6. The summed E-state index contributed by atoms with van der Waals surface area (Å²) in [4.78, 5) is 45.7. The number of fused-ring (bicyclic) bond motifs is 6. The van der Waals surface area contributed by atoms with Gasteiger partial charge in [0.2, 0.25) is 5.91 Å². The van der Waals surface area contributed by atoms with E-state index < -0.39 is 23.4 Å². The average molecular weight is 545 g/mol. The summed E-state index contributed by atoms with van der Waals surface area (Å²) >= 11 is 6.58. The van der Waals surface area contributed by atoms with Crippen LogP contribution >= 0.6 is 11.6 Å². The number of aryl methyl sites for hydroxylation is 1. The molecule has 0 aliphatic carbocycles. The smallest absolute Gasteiger partial charge is 0.238 e. The molecule has 1 N–H and O–H groups in total. The number of carbonyl (C=O) groups is 3. The summed E-state index contributed by atoms with van der Waals surface area (Å²) in [5.74, 6) is -1.85. The first-order valence-corrected chi connectivity index (χ1v) is 13.7. The SMILES string of the molecule is Cc1ccc(C(=O)[C@@H]2[C@H](C(=O)c3ccccc3Cl)N3c4ccccc4C=C[C@H]3[C@@]23C(=O)Nc2ccccc23)cc1. The quantitative estimate of drug-likeness (QED) is 0.298. The Bertz CT molecular complexity index is 1740. The van der Waals surface area contributed by atoms with Crippen molar-refractivity contribution in [1.29, 1.82) is 0 Å². The number of halogens is 1. The van der Waals surface area contributed by atoms with E-state index in [4.69, 9.17) is 11.6 Å². The van der Waals surface area contributed by atoms with E-state index in [-0.39, 0.29) is 17.5 Å². The van der Waals surface area contributed by atoms with Gasteiger partial charge in [0.1, 0.15) is 11.5 Å². The molecule has 4 aromatic rings. The monoisotopic (exact) mass is 544 g/mol. The molecule has 3 heterocycles. The number of benzene rings is 4. The lowest BCUT2D eigenvalue weighted by Crippen LogP contribution is -2.51. The first-order chi connectivity index (χ1) is 19.4. The Hall–Kier alpha value is -4.48. The molecule has 0 aromatic heterocycles. The number of carbonyl (C=O) groups excluding carboxylic acids is 3. The van der Waals surface area contributed by atoms with E-state index in [1.165, 1.54) is 0 Å². The first-order valence-electron chi connectivity index (χ1n) is 13.3. The van der Waals surface area contributed by atoms with E-state index in [0.717, 1.165) is 22.4 Å². The lowest BCUT2D eigenvalue weighted by molar-refractivity contribution is -0.121. The highest BCUT2D eigenvalue weighted by Gasteiger charge is 2.70. The molecule has 3 aliphatic rings. The molecule has 4 aromatic carbocycles. The predicted molar refractivity (Wildman–Crippen MR) is 157 cm³/mol. The number of para-hydroxylation sites is 2. The maximum absolute atomic E-state index is 14.7. The van der Waals surface area contributed by atoms with Gasteiger partial charge in [-0.15, -0.1) is 0 Å². The van der Waals surface area contributed by atoms with Crippen LogP contribution in [-0.4, -0.2) is 29.6 Å². The lowest BCUT2D eigenvalue weighted by atomic mass is 9.64. The van der Waals surface area contributed by atoms with Crippen LogP contribution in [0.25, 0.3) is 6.08 Å². The normalized spacial score (nSPS) is 23.9. The van der Waals surface area contributed by atoms with Crippen LogP contribution in [0.1, 0.15) is 37.4 Å². The highest BCUT2D eigenvalue weighted by molar-refractivity contribution is 6.34. The van der Waals surface area contributed by atoms with Crippen molar-refractivity contribution < 1.29 is 14.4 Å². The van der Waals surface area contributed by atoms with Gasteiger partial charge in [0.15, 0.2) is 11.6 Å². The Morgan fingerprint density at radius 2 is 1.55 bits per heavy atom. The average Bonchev–Trinajstić information content (AvgIpc) is 3.45. The van der Waals surface area contributed by atoms with Crippen LogP contribution in [0.5, 0.6) is 0 Å². The minimum Gasteiger partial charge on any atom is -0.352 e. The molecular weight excluding hydrogens is 520 g/mol. The van der Waals surface area contributed by atoms with Crippen molar-refractivity contribution in [2.24, 2.45) is 5.92 Å². The third-order valence-electron chi connectivity index (χ3n) is 8.57. The van der Waals surface area contributed by atoms with E-state index in [0.29, 0.717) is 21.8 Å². The van der Waals surface area contributed by atoms with Crippen LogP contribution in [0.15, 0.2) is 103 Å². The number of Topliss-reactive ketones (excluding diaryl/α,β-unsaturated/α-hetero) is 2. The van der Waals surface area contributed by atoms with E-state index >= 15 is 0 Å². The predicted octanol–water partition coefficient (Wildman–Crippen LogP) is 6.50. The Labute approximate surface area is 237 Å². The fourth-order valence-electron chi connectivity index (χ4n) is 6.84. The Balaban J connectivity index is 1.55. The van der Waals surface area contributed by atoms with Crippen LogP contribution in [-0.2, 0) is 10.2 Å². The zero-order valence-electron chi connectivity index (χ0n) is 21.7. The summed E-state index contributed by atoms with van der Waals surface area (Å²) in [6, 6.07) is 27.9. The summed E-state index contributed by atoms with van der Waals surface area (Å²) in [5.41, 5.74) is 3.55. The molecule has 1 amide bonds. The number of hydrogen-bond donors (Lipinski definition) is 1. The molecule has 1 saturated heterocycles. The molecule has 4 atom stereocenters. The van der Waals surface area contributed by atoms with Gasteiger partial charge in [0.05, 0.1) is 17.0 Å². The second-order valence-corrected chi connectivity index (χ2v) is 11.0. The number of amides is 1. The summed E-state index contributed by atoms with van der Waals surface area (Å²) in [7, 11) is 0. The molecule has 1 spiro atoms. The minimum absolute atomic E-state index is 0.252. The zero-order valence-corrected chi connectivity index (χ0v) is 22.4. The van der Waals surface area contributed by atoms with Crippen LogP contribution in [0.2, 0.25) is 5.02 Å². The maximum atomic E-state index is 14.7. The van der Waals surface area contributed by atoms with Crippen molar-refractivity contribution in [3.63, 3.8) is 0 Å². The molecule has 196 valence electrons. The van der Waals surface area contributed by atoms with Crippen molar-refractivity contribution in [1.82, 2.24) is 0 Å². The van der Waals surface area contributed by atoms with Crippen LogP contribution in [0.3, 0.4) is 0 Å². The molecule has 0 unspecified atom stereocenters. The van der Waals surface area contributed by atoms with Crippen molar-refractivity contribution >= 4 is 46.5 Å². The van der Waals surface area contributed by atoms with Gasteiger partial charge in [-0.05, 0) is 42.3 Å². The molecule has 5 nitrogen and oxygen atoms in total. The van der Waals surface area contributed by atoms with Gasteiger partial charge >= 0.3 is 0 Å². The summed E-state index contributed by atoms with van der Waals surface area (Å²) in [5, 5.41) is 3.36.